The summed E-state index contributed by atoms with van der Waals surface area (Å²) >= 11 is 0. The van der Waals surface area contributed by atoms with Gasteiger partial charge in [0.1, 0.15) is 12.6 Å². The van der Waals surface area contributed by atoms with E-state index in [-0.39, 0.29) is 34.8 Å². The number of hydrogen-bond donors (Lipinski definition) is 1. The number of anilines is 1. The molecule has 0 aromatic heterocycles. The number of nitrogens with one attached hydrogen (secondary N) is 1. The third kappa shape index (κ3) is 7.44. The van der Waals surface area contributed by atoms with Gasteiger partial charge in [0, 0.05) is 24.7 Å². The van der Waals surface area contributed by atoms with Gasteiger partial charge < -0.3 is 10.2 Å². The fourth-order valence-corrected chi connectivity index (χ4v) is 5.63. The molecular weight excluding hydrogens is 532 g/mol. The molecule has 0 bridgehead atoms. The summed E-state index contributed by atoms with van der Waals surface area (Å²) < 4.78 is 28.4. The maximum atomic E-state index is 14.0. The molecule has 0 aliphatic carbocycles. The first-order valence-corrected chi connectivity index (χ1v) is 14.4. The van der Waals surface area contributed by atoms with Crippen molar-refractivity contribution in [3.05, 3.63) is 100 Å². The Morgan fingerprint density at radius 2 is 1.62 bits per heavy atom. The zero-order chi connectivity index (χ0) is 29.4. The van der Waals surface area contributed by atoms with E-state index in [2.05, 4.69) is 5.32 Å². The topological polar surface area (TPSA) is 130 Å². The van der Waals surface area contributed by atoms with Crippen LogP contribution in [0, 0.1) is 17.0 Å². The lowest BCUT2D eigenvalue weighted by Gasteiger charge is -2.33. The highest BCUT2D eigenvalue weighted by atomic mass is 32.2. The second kappa shape index (κ2) is 13.2. The molecule has 1 N–H and O–H groups in total. The fourth-order valence-electron chi connectivity index (χ4n) is 4.20. The number of non-ortho nitro benzene ring substituents is 1. The van der Waals surface area contributed by atoms with Crippen LogP contribution in [-0.4, -0.2) is 48.7 Å². The number of nitro groups is 1. The summed E-state index contributed by atoms with van der Waals surface area (Å²) in [7, 11) is -4.31. The molecule has 0 heterocycles. The quantitative estimate of drug-likeness (QED) is 0.255. The average molecular weight is 567 g/mol. The van der Waals surface area contributed by atoms with Crippen LogP contribution in [0.2, 0.25) is 0 Å². The number of carbonyl (C=O) groups excluding carboxylic acids is 2. The van der Waals surface area contributed by atoms with Crippen LogP contribution in [0.5, 0.6) is 0 Å². The zero-order valence-corrected chi connectivity index (χ0v) is 23.8. The van der Waals surface area contributed by atoms with Crippen LogP contribution < -0.4 is 9.62 Å². The van der Waals surface area contributed by atoms with Gasteiger partial charge >= 0.3 is 0 Å². The summed E-state index contributed by atoms with van der Waals surface area (Å²) in [6.45, 7) is 6.73. The van der Waals surface area contributed by atoms with Crippen molar-refractivity contribution in [1.29, 1.82) is 0 Å². The molecule has 3 aromatic rings. The number of rotatable bonds is 12. The molecule has 0 fully saturated rings. The van der Waals surface area contributed by atoms with Gasteiger partial charge in [-0.3, -0.25) is 24.0 Å². The van der Waals surface area contributed by atoms with E-state index in [1.165, 1.54) is 35.2 Å². The predicted molar refractivity (Wildman–Crippen MR) is 153 cm³/mol. The van der Waals surface area contributed by atoms with Gasteiger partial charge in [-0.15, -0.1) is 0 Å². The van der Waals surface area contributed by atoms with E-state index < -0.39 is 33.4 Å². The molecule has 0 aliphatic heterocycles. The maximum absolute atomic E-state index is 14.0. The first-order chi connectivity index (χ1) is 18.9. The number of sulfonamides is 1. The van der Waals surface area contributed by atoms with E-state index in [1.54, 1.807) is 25.1 Å². The molecule has 10 nitrogen and oxygen atoms in total. The van der Waals surface area contributed by atoms with E-state index in [0.29, 0.717) is 6.42 Å². The highest BCUT2D eigenvalue weighted by Crippen LogP contribution is 2.27. The summed E-state index contributed by atoms with van der Waals surface area (Å²) in [5.41, 5.74) is 1.43. The minimum atomic E-state index is -4.31. The van der Waals surface area contributed by atoms with Gasteiger partial charge in [0.05, 0.1) is 15.5 Å². The minimum Gasteiger partial charge on any atom is -0.352 e. The Labute approximate surface area is 234 Å². The smallest absolute Gasteiger partial charge is 0.271 e. The molecule has 11 heteroatoms. The number of carbonyl (C=O) groups is 2. The number of nitrogens with zero attached hydrogens (tertiary/aromatic N) is 3. The van der Waals surface area contributed by atoms with Crippen molar-refractivity contribution < 1.29 is 22.9 Å². The van der Waals surface area contributed by atoms with Crippen molar-refractivity contribution >= 4 is 33.2 Å². The lowest BCUT2D eigenvalue weighted by atomic mass is 10.1. The van der Waals surface area contributed by atoms with Crippen LogP contribution in [0.25, 0.3) is 0 Å². The molecule has 40 heavy (non-hydrogen) atoms. The van der Waals surface area contributed by atoms with Crippen LogP contribution >= 0.6 is 0 Å². The van der Waals surface area contributed by atoms with Crippen LogP contribution in [0.3, 0.4) is 0 Å². The second-order valence-corrected chi connectivity index (χ2v) is 11.6. The van der Waals surface area contributed by atoms with Gasteiger partial charge in [0.2, 0.25) is 11.8 Å². The van der Waals surface area contributed by atoms with Crippen LogP contribution in [-0.2, 0) is 26.2 Å². The molecule has 3 aromatic carbocycles. The highest BCUT2D eigenvalue weighted by Gasteiger charge is 2.34. The molecule has 0 unspecified atom stereocenters. The summed E-state index contributed by atoms with van der Waals surface area (Å²) in [6, 6.07) is 19.1. The van der Waals surface area contributed by atoms with Gasteiger partial charge in [-0.25, -0.2) is 8.42 Å². The third-order valence-corrected chi connectivity index (χ3v) is 8.02. The minimum absolute atomic E-state index is 0.0404. The standard InChI is InChI=1S/C29H34N4O6S/c1-5-27(29(35)30-21(2)3)31(19-23-16-14-22(4)15-17-23)28(34)20-32(24-10-9-11-25(18-24)33(36)37)40(38,39)26-12-7-6-8-13-26/h6-18,21,27H,5,19-20H2,1-4H3,(H,30,35)/t27-/m0/s1. The first kappa shape index (κ1) is 30.3. The fraction of sp³-hybridized carbons (Fsp3) is 0.310. The predicted octanol–water partition coefficient (Wildman–Crippen LogP) is 4.43. The Bertz CT molecular complexity index is 1440. The molecule has 0 saturated heterocycles. The normalized spacial score (nSPS) is 12.0. The first-order valence-electron chi connectivity index (χ1n) is 12.9. The Morgan fingerprint density at radius 3 is 2.20 bits per heavy atom. The van der Waals surface area contributed by atoms with Gasteiger partial charge in [-0.05, 0) is 51.0 Å². The monoisotopic (exact) mass is 566 g/mol. The summed E-state index contributed by atoms with van der Waals surface area (Å²) in [5.74, 6) is -0.983. The van der Waals surface area contributed by atoms with Gasteiger partial charge in [-0.2, -0.15) is 0 Å². The summed E-state index contributed by atoms with van der Waals surface area (Å²) in [4.78, 5) is 39.3. The Hall–Kier alpha value is -4.25. The molecule has 2 amide bonds. The lowest BCUT2D eigenvalue weighted by molar-refractivity contribution is -0.384. The second-order valence-electron chi connectivity index (χ2n) is 9.70. The molecule has 0 saturated carbocycles. The Balaban J connectivity index is 2.09. The summed E-state index contributed by atoms with van der Waals surface area (Å²) in [5, 5.41) is 14.3. The number of hydrogen-bond acceptors (Lipinski definition) is 6. The van der Waals surface area contributed by atoms with Crippen LogP contribution in [0.4, 0.5) is 11.4 Å². The van der Waals surface area contributed by atoms with Crippen LogP contribution in [0.15, 0.2) is 83.8 Å². The summed E-state index contributed by atoms with van der Waals surface area (Å²) in [6.07, 6.45) is 0.290. The molecular formula is C29H34N4O6S. The van der Waals surface area contributed by atoms with Crippen molar-refractivity contribution in [2.75, 3.05) is 10.8 Å². The van der Waals surface area contributed by atoms with Crippen molar-refractivity contribution in [3.8, 4) is 0 Å². The van der Waals surface area contributed by atoms with Gasteiger partial charge in [-0.1, -0.05) is 61.0 Å². The number of nitro benzene ring substituents is 1. The number of benzene rings is 3. The Morgan fingerprint density at radius 1 is 0.975 bits per heavy atom. The van der Waals surface area contributed by atoms with Crippen molar-refractivity contribution in [2.45, 2.75) is 57.6 Å². The average Bonchev–Trinajstić information content (AvgIpc) is 2.92. The number of amides is 2. The van der Waals surface area contributed by atoms with E-state index in [4.69, 9.17) is 0 Å². The maximum Gasteiger partial charge on any atom is 0.271 e. The van der Waals surface area contributed by atoms with E-state index in [9.17, 15) is 28.1 Å². The van der Waals surface area contributed by atoms with Gasteiger partial charge in [0.15, 0.2) is 0 Å². The SMILES string of the molecule is CC[C@@H](C(=O)NC(C)C)N(Cc1ccc(C)cc1)C(=O)CN(c1cccc([N+](=O)[O-])c1)S(=O)(=O)c1ccccc1. The number of aryl methyl sites for hydroxylation is 1. The van der Waals surface area contributed by atoms with E-state index >= 15 is 0 Å². The molecule has 0 aliphatic rings. The zero-order valence-electron chi connectivity index (χ0n) is 23.0. The van der Waals surface area contributed by atoms with Crippen molar-refractivity contribution in [2.24, 2.45) is 0 Å². The van der Waals surface area contributed by atoms with E-state index in [0.717, 1.165) is 21.5 Å². The molecule has 0 spiro atoms. The molecule has 3 rings (SSSR count). The highest BCUT2D eigenvalue weighted by molar-refractivity contribution is 7.92. The largest absolute Gasteiger partial charge is 0.352 e. The molecule has 212 valence electrons. The lowest BCUT2D eigenvalue weighted by Crippen LogP contribution is -2.53. The molecule has 1 atom stereocenters. The van der Waals surface area contributed by atoms with Gasteiger partial charge in [0.25, 0.3) is 15.7 Å². The third-order valence-electron chi connectivity index (χ3n) is 6.23. The van der Waals surface area contributed by atoms with Crippen molar-refractivity contribution in [1.82, 2.24) is 10.2 Å². The van der Waals surface area contributed by atoms with Crippen LogP contribution in [0.1, 0.15) is 38.3 Å². The van der Waals surface area contributed by atoms with E-state index in [1.807, 2.05) is 45.0 Å². The van der Waals surface area contributed by atoms with Crippen molar-refractivity contribution in [3.63, 3.8) is 0 Å². The Kier molecular flexibility index (Phi) is 10.0. The molecule has 0 radical (unpaired) electrons.